The van der Waals surface area contributed by atoms with Crippen LogP contribution >= 0.6 is 35.7 Å². The van der Waals surface area contributed by atoms with Crippen LogP contribution in [-0.4, -0.2) is 94.7 Å². The molecule has 39 heavy (non-hydrogen) atoms. The number of nitrogens with zero attached hydrogens (tertiary/aromatic N) is 3. The average molecular weight is 639 g/mol. The number of anilines is 1. The van der Waals surface area contributed by atoms with E-state index >= 15 is 0 Å². The first kappa shape index (κ1) is 31.8. The number of carbonyl (C=O) groups excluding carboxylic acids is 1. The van der Waals surface area contributed by atoms with Crippen LogP contribution in [0.3, 0.4) is 0 Å². The standard InChI is InChI=1S/C14H24N7O14P3S/c15-1-2-17-7(22)4-31-10-9(23)6(3-32-37(27,28)35-38(29,30)34-36(24,25)26)33-13(10)21-5-18-8-11(21)19-14(16)20-12(8)39/h5-6,9-10,13,23H,1-4,15H2,(H,17,22)(H,27,28)(H,29,30)(H2,24,25,26)(H3,16,19,20,39)/t6-,9?,10+,13-/m1/s1. The summed E-state index contributed by atoms with van der Waals surface area (Å²) in [5, 5.41) is 13.3. The van der Waals surface area contributed by atoms with Crippen molar-refractivity contribution >= 4 is 58.7 Å². The zero-order valence-corrected chi connectivity index (χ0v) is 22.9. The van der Waals surface area contributed by atoms with Crippen molar-refractivity contribution in [2.45, 2.75) is 24.5 Å². The Balaban J connectivity index is 1.82. The Bertz CT molecular complexity index is 1400. The van der Waals surface area contributed by atoms with E-state index in [-0.39, 0.29) is 34.8 Å². The van der Waals surface area contributed by atoms with Crippen molar-refractivity contribution in [3.05, 3.63) is 11.0 Å². The normalized spacial score (nSPS) is 24.9. The van der Waals surface area contributed by atoms with Gasteiger partial charge in [0, 0.05) is 13.1 Å². The van der Waals surface area contributed by atoms with Crippen LogP contribution in [-0.2, 0) is 41.1 Å². The highest BCUT2D eigenvalue weighted by Crippen LogP contribution is 2.66. The molecule has 0 aliphatic carbocycles. The highest BCUT2D eigenvalue weighted by Gasteiger charge is 2.48. The van der Waals surface area contributed by atoms with Crippen molar-refractivity contribution in [1.82, 2.24) is 24.8 Å². The SMILES string of the molecule is NCCNC(=O)CO[C@H]1C(O)[C@@H](COP(=O)(O)OP(=O)(O)OP(=O)(O)O)O[C@H]1n1cnc2c(=S)nc(N)[nH]c21. The van der Waals surface area contributed by atoms with Crippen LogP contribution in [0.4, 0.5) is 5.95 Å². The zero-order chi connectivity index (χ0) is 29.2. The summed E-state index contributed by atoms with van der Waals surface area (Å²) in [5.74, 6) is -0.679. The van der Waals surface area contributed by atoms with Crippen LogP contribution in [0.1, 0.15) is 6.23 Å². The number of amides is 1. The van der Waals surface area contributed by atoms with Crippen molar-refractivity contribution in [2.24, 2.45) is 5.73 Å². The number of rotatable bonds is 13. The number of hydrogen-bond acceptors (Lipinski definition) is 15. The fourth-order valence-corrected chi connectivity index (χ4v) is 6.59. The quantitative estimate of drug-likeness (QED) is 0.0856. The highest BCUT2D eigenvalue weighted by molar-refractivity contribution is 7.71. The molecule has 1 amide bonds. The van der Waals surface area contributed by atoms with Crippen LogP contribution < -0.4 is 16.8 Å². The zero-order valence-electron chi connectivity index (χ0n) is 19.4. The summed E-state index contributed by atoms with van der Waals surface area (Å²) in [4.78, 5) is 59.0. The number of nitrogens with two attached hydrogens (primary N) is 2. The molecule has 2 aromatic rings. The molecule has 0 bridgehead atoms. The Morgan fingerprint density at radius 1 is 1.23 bits per heavy atom. The first-order valence-corrected chi connectivity index (χ1v) is 15.4. The first-order valence-electron chi connectivity index (χ1n) is 10.4. The summed E-state index contributed by atoms with van der Waals surface area (Å²) in [6, 6.07) is 0. The molecule has 220 valence electrons. The smallest absolute Gasteiger partial charge is 0.387 e. The number of phosphoric ester groups is 1. The molecule has 0 aromatic carbocycles. The first-order chi connectivity index (χ1) is 18.0. The van der Waals surface area contributed by atoms with Gasteiger partial charge in [-0.1, -0.05) is 12.2 Å². The Labute approximate surface area is 222 Å². The molecule has 1 fully saturated rings. The number of aromatic amines is 1. The predicted octanol–water partition coefficient (Wildman–Crippen LogP) is -1.87. The fraction of sp³-hybridized carbons (Fsp3) is 0.571. The molecule has 3 heterocycles. The molecule has 2 aromatic heterocycles. The van der Waals surface area contributed by atoms with Crippen LogP contribution in [0.2, 0.25) is 0 Å². The van der Waals surface area contributed by atoms with Crippen LogP contribution in [0.15, 0.2) is 6.33 Å². The van der Waals surface area contributed by atoms with Gasteiger partial charge in [0.1, 0.15) is 36.1 Å². The highest BCUT2D eigenvalue weighted by atomic mass is 32.1. The Morgan fingerprint density at radius 3 is 2.56 bits per heavy atom. The van der Waals surface area contributed by atoms with Gasteiger partial charge in [0.15, 0.2) is 16.8 Å². The summed E-state index contributed by atoms with van der Waals surface area (Å²) in [7, 11) is -16.9. The van der Waals surface area contributed by atoms with Crippen molar-refractivity contribution in [3.63, 3.8) is 0 Å². The average Bonchev–Trinajstić information content (AvgIpc) is 3.33. The predicted molar refractivity (Wildman–Crippen MR) is 129 cm³/mol. The van der Waals surface area contributed by atoms with E-state index in [1.54, 1.807) is 0 Å². The number of aliphatic hydroxyl groups excluding tert-OH is 1. The number of imidazole rings is 1. The van der Waals surface area contributed by atoms with Crippen molar-refractivity contribution in [1.29, 1.82) is 0 Å². The summed E-state index contributed by atoms with van der Waals surface area (Å²) < 4.78 is 58.8. The molecular formula is C14H24N7O14P3S. The maximum absolute atomic E-state index is 12.1. The second-order valence-electron chi connectivity index (χ2n) is 7.63. The van der Waals surface area contributed by atoms with Gasteiger partial charge in [-0.05, 0) is 0 Å². The third-order valence-corrected chi connectivity index (χ3v) is 8.83. The number of carbonyl (C=O) groups is 1. The number of H-pyrrole nitrogens is 1. The second-order valence-corrected chi connectivity index (χ2v) is 12.4. The Morgan fingerprint density at radius 2 is 1.92 bits per heavy atom. The van der Waals surface area contributed by atoms with Gasteiger partial charge in [0.2, 0.25) is 5.91 Å². The van der Waals surface area contributed by atoms with E-state index in [1.165, 1.54) is 10.9 Å². The molecule has 1 aliphatic rings. The lowest BCUT2D eigenvalue weighted by Crippen LogP contribution is -2.39. The minimum absolute atomic E-state index is 0.0291. The molecule has 3 rings (SSSR count). The number of nitrogens with one attached hydrogen (secondary N) is 2. The molecule has 0 radical (unpaired) electrons. The number of fused-ring (bicyclic) bond motifs is 1. The number of phosphoric acid groups is 3. The van der Waals surface area contributed by atoms with Gasteiger partial charge >= 0.3 is 23.5 Å². The van der Waals surface area contributed by atoms with Crippen molar-refractivity contribution < 1.29 is 65.8 Å². The van der Waals surface area contributed by atoms with Gasteiger partial charge in [-0.2, -0.15) is 8.62 Å². The number of aromatic nitrogens is 4. The lowest BCUT2D eigenvalue weighted by atomic mass is 10.1. The van der Waals surface area contributed by atoms with E-state index in [0.717, 1.165) is 0 Å². The molecule has 21 nitrogen and oxygen atoms in total. The van der Waals surface area contributed by atoms with Crippen molar-refractivity contribution in [2.75, 3.05) is 32.0 Å². The molecule has 1 aliphatic heterocycles. The fourth-order valence-electron chi connectivity index (χ4n) is 3.31. The van der Waals surface area contributed by atoms with E-state index in [4.69, 9.17) is 42.9 Å². The third kappa shape index (κ3) is 8.64. The molecule has 25 heteroatoms. The minimum atomic E-state index is -5.77. The maximum Gasteiger partial charge on any atom is 0.490 e. The van der Waals surface area contributed by atoms with Gasteiger partial charge in [-0.3, -0.25) is 13.9 Å². The summed E-state index contributed by atoms with van der Waals surface area (Å²) in [5.41, 5.74) is 11.4. The molecule has 3 unspecified atom stereocenters. The van der Waals surface area contributed by atoms with Crippen molar-refractivity contribution in [3.8, 4) is 0 Å². The van der Waals surface area contributed by atoms with Crippen LogP contribution in [0.5, 0.6) is 0 Å². The second kappa shape index (κ2) is 12.4. The van der Waals surface area contributed by atoms with Gasteiger partial charge in [-0.15, -0.1) is 0 Å². The molecular weight excluding hydrogens is 615 g/mol. The lowest BCUT2D eigenvalue weighted by molar-refractivity contribution is -0.132. The molecule has 6 atom stereocenters. The molecule has 0 saturated carbocycles. The summed E-state index contributed by atoms with van der Waals surface area (Å²) in [6.45, 7) is -1.27. The maximum atomic E-state index is 12.1. The van der Waals surface area contributed by atoms with E-state index in [1.807, 2.05) is 0 Å². The lowest BCUT2D eigenvalue weighted by Gasteiger charge is -2.22. The van der Waals surface area contributed by atoms with E-state index in [2.05, 4.69) is 33.4 Å². The number of ether oxygens (including phenoxy) is 2. The van der Waals surface area contributed by atoms with E-state index in [0.29, 0.717) is 0 Å². The van der Waals surface area contributed by atoms with Gasteiger partial charge in [0.25, 0.3) is 0 Å². The number of hydrogen-bond donors (Lipinski definition) is 9. The minimum Gasteiger partial charge on any atom is -0.387 e. The van der Waals surface area contributed by atoms with Gasteiger partial charge in [-0.25, -0.2) is 23.7 Å². The molecule has 0 spiro atoms. The molecule has 11 N–H and O–H groups in total. The van der Waals surface area contributed by atoms with Gasteiger partial charge < -0.3 is 55.9 Å². The van der Waals surface area contributed by atoms with Gasteiger partial charge in [0.05, 0.1) is 12.9 Å². The van der Waals surface area contributed by atoms with Crippen LogP contribution in [0.25, 0.3) is 11.2 Å². The monoisotopic (exact) mass is 639 g/mol. The number of aliphatic hydroxyl groups is 1. The Hall–Kier alpha value is -1.71. The summed E-state index contributed by atoms with van der Waals surface area (Å²) in [6.07, 6.45) is -4.57. The third-order valence-electron chi connectivity index (χ3n) is 4.74. The van der Waals surface area contributed by atoms with E-state index in [9.17, 15) is 33.4 Å². The topological polar surface area (TPSA) is 326 Å². The summed E-state index contributed by atoms with van der Waals surface area (Å²) >= 11 is 5.12. The van der Waals surface area contributed by atoms with E-state index < -0.39 is 67.1 Å². The molecule has 1 saturated heterocycles. The van der Waals surface area contributed by atoms with Crippen LogP contribution in [0, 0.1) is 4.64 Å². The number of nitrogen functional groups attached to an aromatic ring is 1. The Kier molecular flexibility index (Phi) is 10.1. The largest absolute Gasteiger partial charge is 0.490 e.